The highest BCUT2D eigenvalue weighted by molar-refractivity contribution is 4.99. The van der Waals surface area contributed by atoms with Gasteiger partial charge in [-0.05, 0) is 26.2 Å². The van der Waals surface area contributed by atoms with Crippen LogP contribution in [0.15, 0.2) is 12.4 Å². The lowest BCUT2D eigenvalue weighted by Gasteiger charge is -2.13. The predicted octanol–water partition coefficient (Wildman–Crippen LogP) is 1.16. The molecule has 0 radical (unpaired) electrons. The molecule has 4 heteroatoms. The van der Waals surface area contributed by atoms with E-state index < -0.39 is 0 Å². The minimum Gasteiger partial charge on any atom is -0.461 e. The van der Waals surface area contributed by atoms with Crippen molar-refractivity contribution in [2.75, 3.05) is 0 Å². The predicted molar refractivity (Wildman–Crippen MR) is 54.1 cm³/mol. The molecule has 2 N–H and O–H groups in total. The van der Waals surface area contributed by atoms with Crippen molar-refractivity contribution in [2.45, 2.75) is 44.9 Å². The number of rotatable bonds is 3. The number of hydrogen-bond acceptors (Lipinski definition) is 3. The van der Waals surface area contributed by atoms with Gasteiger partial charge in [-0.15, -0.1) is 0 Å². The third-order valence-corrected chi connectivity index (χ3v) is 2.72. The molecule has 0 aromatic carbocycles. The van der Waals surface area contributed by atoms with Gasteiger partial charge in [0, 0.05) is 25.0 Å². The Kier molecular flexibility index (Phi) is 2.72. The third kappa shape index (κ3) is 1.90. The van der Waals surface area contributed by atoms with Gasteiger partial charge >= 0.3 is 0 Å². The van der Waals surface area contributed by atoms with Gasteiger partial charge in [0.1, 0.15) is 6.10 Å². The van der Waals surface area contributed by atoms with Crippen LogP contribution in [0.5, 0.6) is 6.01 Å². The lowest BCUT2D eigenvalue weighted by Crippen LogP contribution is -2.20. The highest BCUT2D eigenvalue weighted by Crippen LogP contribution is 2.22. The van der Waals surface area contributed by atoms with Crippen LogP contribution in [0.3, 0.4) is 0 Å². The van der Waals surface area contributed by atoms with E-state index in [4.69, 9.17) is 10.5 Å². The number of ether oxygens (including phenoxy) is 1. The van der Waals surface area contributed by atoms with Crippen LogP contribution in [0.25, 0.3) is 0 Å². The van der Waals surface area contributed by atoms with Crippen LogP contribution in [0.1, 0.15) is 26.2 Å². The van der Waals surface area contributed by atoms with E-state index in [2.05, 4.69) is 11.9 Å². The molecule has 1 aromatic heterocycles. The number of nitrogens with zero attached hydrogens (tertiary/aromatic N) is 2. The fourth-order valence-electron chi connectivity index (χ4n) is 1.88. The summed E-state index contributed by atoms with van der Waals surface area (Å²) in [6.07, 6.45) is 7.04. The second-order valence-corrected chi connectivity index (χ2v) is 3.81. The SMILES string of the molecule is CCn1ccnc1OC1CCC(N)C1. The van der Waals surface area contributed by atoms with Gasteiger partial charge in [0.25, 0.3) is 6.01 Å². The minimum absolute atomic E-state index is 0.262. The summed E-state index contributed by atoms with van der Waals surface area (Å²) in [5.41, 5.74) is 5.82. The molecule has 1 fully saturated rings. The first-order valence-corrected chi connectivity index (χ1v) is 5.23. The highest BCUT2D eigenvalue weighted by Gasteiger charge is 2.24. The number of hydrogen-bond donors (Lipinski definition) is 1. The molecular formula is C10H17N3O. The van der Waals surface area contributed by atoms with E-state index in [1.54, 1.807) is 6.20 Å². The maximum absolute atomic E-state index is 5.82. The topological polar surface area (TPSA) is 53.1 Å². The second-order valence-electron chi connectivity index (χ2n) is 3.81. The molecule has 2 atom stereocenters. The van der Waals surface area contributed by atoms with Gasteiger partial charge in [-0.25, -0.2) is 4.98 Å². The number of aromatic nitrogens is 2. The molecule has 4 nitrogen and oxygen atoms in total. The van der Waals surface area contributed by atoms with Crippen molar-refractivity contribution in [1.29, 1.82) is 0 Å². The zero-order valence-electron chi connectivity index (χ0n) is 8.52. The maximum atomic E-state index is 5.82. The molecular weight excluding hydrogens is 178 g/mol. The summed E-state index contributed by atoms with van der Waals surface area (Å²) >= 11 is 0. The molecule has 14 heavy (non-hydrogen) atoms. The van der Waals surface area contributed by atoms with Crippen molar-refractivity contribution in [3.8, 4) is 6.01 Å². The van der Waals surface area contributed by atoms with Crippen molar-refractivity contribution in [3.63, 3.8) is 0 Å². The number of imidazole rings is 1. The zero-order valence-corrected chi connectivity index (χ0v) is 8.52. The van der Waals surface area contributed by atoms with Crippen molar-refractivity contribution in [2.24, 2.45) is 5.73 Å². The molecule has 1 saturated carbocycles. The molecule has 1 heterocycles. The van der Waals surface area contributed by atoms with Gasteiger partial charge in [-0.3, -0.25) is 0 Å². The third-order valence-electron chi connectivity index (χ3n) is 2.72. The fraction of sp³-hybridized carbons (Fsp3) is 0.700. The normalized spacial score (nSPS) is 26.7. The Morgan fingerprint density at radius 2 is 2.50 bits per heavy atom. The lowest BCUT2D eigenvalue weighted by atomic mass is 10.3. The van der Waals surface area contributed by atoms with Crippen molar-refractivity contribution >= 4 is 0 Å². The molecule has 0 bridgehead atoms. The summed E-state index contributed by atoms with van der Waals surface area (Å²) in [5.74, 6) is 0. The van der Waals surface area contributed by atoms with Crippen molar-refractivity contribution < 1.29 is 4.74 Å². The van der Waals surface area contributed by atoms with Crippen molar-refractivity contribution in [3.05, 3.63) is 12.4 Å². The van der Waals surface area contributed by atoms with Crippen molar-refractivity contribution in [1.82, 2.24) is 9.55 Å². The van der Waals surface area contributed by atoms with Gasteiger partial charge in [0.15, 0.2) is 0 Å². The summed E-state index contributed by atoms with van der Waals surface area (Å²) in [6, 6.07) is 1.04. The molecule has 0 aliphatic heterocycles. The van der Waals surface area contributed by atoms with E-state index in [1.165, 1.54) is 0 Å². The van der Waals surface area contributed by atoms with E-state index in [-0.39, 0.29) is 6.10 Å². The first kappa shape index (κ1) is 9.52. The quantitative estimate of drug-likeness (QED) is 0.787. The fourth-order valence-corrected chi connectivity index (χ4v) is 1.88. The van der Waals surface area contributed by atoms with E-state index in [9.17, 15) is 0 Å². The van der Waals surface area contributed by atoms with Crippen LogP contribution < -0.4 is 10.5 Å². The van der Waals surface area contributed by atoms with Crippen LogP contribution in [0.4, 0.5) is 0 Å². The summed E-state index contributed by atoms with van der Waals surface area (Å²) < 4.78 is 7.78. The van der Waals surface area contributed by atoms with Gasteiger partial charge < -0.3 is 15.0 Å². The summed E-state index contributed by atoms with van der Waals surface area (Å²) in [7, 11) is 0. The molecule has 2 unspecified atom stereocenters. The first-order chi connectivity index (χ1) is 6.79. The lowest BCUT2D eigenvalue weighted by molar-refractivity contribution is 0.183. The van der Waals surface area contributed by atoms with E-state index >= 15 is 0 Å². The molecule has 0 saturated heterocycles. The molecule has 78 valence electrons. The largest absolute Gasteiger partial charge is 0.461 e. The average molecular weight is 195 g/mol. The van der Waals surface area contributed by atoms with Gasteiger partial charge in [-0.2, -0.15) is 0 Å². The Morgan fingerprint density at radius 1 is 1.64 bits per heavy atom. The number of nitrogens with two attached hydrogens (primary N) is 1. The van der Waals surface area contributed by atoms with Gasteiger partial charge in [-0.1, -0.05) is 0 Å². The highest BCUT2D eigenvalue weighted by atomic mass is 16.5. The standard InChI is InChI=1S/C10H17N3O/c1-2-13-6-5-12-10(13)14-9-4-3-8(11)7-9/h5-6,8-9H,2-4,7,11H2,1H3. The van der Waals surface area contributed by atoms with Crippen LogP contribution in [-0.4, -0.2) is 21.7 Å². The van der Waals surface area contributed by atoms with Crippen LogP contribution in [0, 0.1) is 0 Å². The minimum atomic E-state index is 0.262. The summed E-state index contributed by atoms with van der Waals surface area (Å²) in [4.78, 5) is 4.18. The molecule has 1 aliphatic rings. The summed E-state index contributed by atoms with van der Waals surface area (Å²) in [5, 5.41) is 0. The van der Waals surface area contributed by atoms with Crippen LogP contribution in [-0.2, 0) is 6.54 Å². The second kappa shape index (κ2) is 4.00. The number of aryl methyl sites for hydroxylation is 1. The Labute approximate surface area is 84.1 Å². The summed E-state index contributed by atoms with van der Waals surface area (Å²) in [6.45, 7) is 2.98. The van der Waals surface area contributed by atoms with Crippen LogP contribution in [0.2, 0.25) is 0 Å². The van der Waals surface area contributed by atoms with E-state index in [0.29, 0.717) is 6.04 Å². The molecule has 0 spiro atoms. The Morgan fingerprint density at radius 3 is 3.14 bits per heavy atom. The molecule has 2 rings (SSSR count). The Hall–Kier alpha value is -1.03. The molecule has 1 aliphatic carbocycles. The monoisotopic (exact) mass is 195 g/mol. The Bertz CT molecular complexity index is 297. The smallest absolute Gasteiger partial charge is 0.296 e. The van der Waals surface area contributed by atoms with Gasteiger partial charge in [0.05, 0.1) is 0 Å². The Balaban J connectivity index is 1.97. The van der Waals surface area contributed by atoms with E-state index in [0.717, 1.165) is 31.8 Å². The maximum Gasteiger partial charge on any atom is 0.296 e. The van der Waals surface area contributed by atoms with Crippen LogP contribution >= 0.6 is 0 Å². The average Bonchev–Trinajstić information content (AvgIpc) is 2.76. The molecule has 0 amide bonds. The van der Waals surface area contributed by atoms with E-state index in [1.807, 2.05) is 10.8 Å². The van der Waals surface area contributed by atoms with Gasteiger partial charge in [0.2, 0.25) is 0 Å². The zero-order chi connectivity index (χ0) is 9.97. The first-order valence-electron chi connectivity index (χ1n) is 5.23. The molecule has 1 aromatic rings.